The average molecular weight is 578 g/mol. The van der Waals surface area contributed by atoms with E-state index in [0.717, 1.165) is 51.5 Å². The van der Waals surface area contributed by atoms with E-state index in [1.54, 1.807) is 12.3 Å². The van der Waals surface area contributed by atoms with Crippen LogP contribution in [0.5, 0.6) is 5.88 Å². The molecule has 0 aromatic carbocycles. The minimum atomic E-state index is -5.08. The number of alkyl halides is 6. The van der Waals surface area contributed by atoms with Crippen molar-refractivity contribution < 1.29 is 64.7 Å². The first kappa shape index (κ1) is 32.5. The molecule has 3 aliphatic heterocycles. The number of hydrogen-bond acceptors (Lipinski definition) is 7. The third kappa shape index (κ3) is 11.1. The lowest BCUT2D eigenvalue weighted by molar-refractivity contribution is -0.193. The van der Waals surface area contributed by atoms with Crippen molar-refractivity contribution in [2.24, 2.45) is 5.92 Å². The van der Waals surface area contributed by atoms with E-state index in [1.807, 2.05) is 0 Å². The number of likely N-dealkylation sites (tertiary alicyclic amines) is 1. The van der Waals surface area contributed by atoms with Crippen LogP contribution >= 0.6 is 0 Å². The Balaban J connectivity index is 0.000000317. The van der Waals surface area contributed by atoms with Gasteiger partial charge in [0.2, 0.25) is 0 Å². The van der Waals surface area contributed by atoms with Crippen LogP contribution in [0.2, 0.25) is 0 Å². The predicted molar refractivity (Wildman–Crippen MR) is 119 cm³/mol. The number of pyridine rings is 1. The van der Waals surface area contributed by atoms with E-state index in [9.17, 15) is 30.7 Å². The second-order valence-corrected chi connectivity index (χ2v) is 9.19. The Morgan fingerprint density at radius 2 is 1.59 bits per heavy atom. The molecule has 3 saturated heterocycles. The van der Waals surface area contributed by atoms with Crippen LogP contribution in [0, 0.1) is 11.7 Å². The molecule has 9 nitrogen and oxygen atoms in total. The van der Waals surface area contributed by atoms with E-state index in [1.165, 1.54) is 25.5 Å². The highest BCUT2D eigenvalue weighted by molar-refractivity contribution is 5.73. The van der Waals surface area contributed by atoms with Crippen LogP contribution in [0.15, 0.2) is 18.3 Å². The molecule has 0 bridgehead atoms. The van der Waals surface area contributed by atoms with Crippen molar-refractivity contribution in [2.45, 2.75) is 56.2 Å². The smallest absolute Gasteiger partial charge is 0.475 e. The Kier molecular flexibility index (Phi) is 11.7. The van der Waals surface area contributed by atoms with Crippen molar-refractivity contribution in [2.75, 3.05) is 39.5 Å². The zero-order valence-corrected chi connectivity index (χ0v) is 20.6. The Hall–Kier alpha value is -2.72. The Morgan fingerprint density at radius 3 is 2.08 bits per heavy atom. The first-order valence-corrected chi connectivity index (χ1v) is 11.9. The Labute approximate surface area is 218 Å². The summed E-state index contributed by atoms with van der Waals surface area (Å²) in [5.74, 6) is -5.06. The van der Waals surface area contributed by atoms with E-state index < -0.39 is 30.1 Å². The number of aliphatic carboxylic acids is 2. The summed E-state index contributed by atoms with van der Waals surface area (Å²) in [7, 11) is 0. The normalized spacial score (nSPS) is 21.8. The van der Waals surface area contributed by atoms with E-state index in [0.29, 0.717) is 6.61 Å². The van der Waals surface area contributed by atoms with Crippen LogP contribution in [0.1, 0.15) is 32.1 Å². The summed E-state index contributed by atoms with van der Waals surface area (Å²) < 4.78 is 94.5. The van der Waals surface area contributed by atoms with Gasteiger partial charge < -0.3 is 29.3 Å². The van der Waals surface area contributed by atoms with Gasteiger partial charge in [0.15, 0.2) is 5.82 Å². The summed E-state index contributed by atoms with van der Waals surface area (Å²) in [5, 5.41) is 14.2. The van der Waals surface area contributed by atoms with E-state index in [4.69, 9.17) is 34.0 Å². The summed E-state index contributed by atoms with van der Waals surface area (Å²) in [4.78, 5) is 24.3. The molecule has 2 N–H and O–H groups in total. The molecular formula is C23H29F7N2O7. The number of rotatable bonds is 4. The number of piperidine rings is 1. The highest BCUT2D eigenvalue weighted by Crippen LogP contribution is 2.37. The molecule has 4 rings (SSSR count). The molecule has 16 heteroatoms. The number of aromatic nitrogens is 1. The number of halogens is 7. The second-order valence-electron chi connectivity index (χ2n) is 9.19. The van der Waals surface area contributed by atoms with Crippen molar-refractivity contribution in [1.29, 1.82) is 0 Å². The molecule has 0 saturated carbocycles. The SMILES string of the molecule is Fc1cccnc1OC1COC2(CCN(CC3CCOCC3)CC2)C1.O=C(O)C(F)(F)F.O=C(O)C(F)(F)F. The maximum absolute atomic E-state index is 13.7. The van der Waals surface area contributed by atoms with Gasteiger partial charge in [0.25, 0.3) is 5.88 Å². The molecule has 1 aromatic rings. The summed E-state index contributed by atoms with van der Waals surface area (Å²) in [6.07, 6.45) is -3.46. The fourth-order valence-electron chi connectivity index (χ4n) is 4.28. The van der Waals surface area contributed by atoms with Crippen molar-refractivity contribution in [3.05, 3.63) is 24.1 Å². The van der Waals surface area contributed by atoms with Gasteiger partial charge >= 0.3 is 24.3 Å². The first-order chi connectivity index (χ1) is 18.1. The summed E-state index contributed by atoms with van der Waals surface area (Å²) in [6, 6.07) is 2.95. The lowest BCUT2D eigenvalue weighted by atomic mass is 9.87. The average Bonchev–Trinajstić information content (AvgIpc) is 3.24. The van der Waals surface area contributed by atoms with Crippen LogP contribution in [0.4, 0.5) is 30.7 Å². The quantitative estimate of drug-likeness (QED) is 0.513. The van der Waals surface area contributed by atoms with Crippen molar-refractivity contribution in [3.63, 3.8) is 0 Å². The predicted octanol–water partition coefficient (Wildman–Crippen LogP) is 3.92. The molecule has 1 aromatic heterocycles. The fraction of sp³-hybridized carbons (Fsp3) is 0.696. The second kappa shape index (κ2) is 14.1. The standard InChI is InChI=1S/C19H27FN2O3.2C2HF3O2/c20-17-2-1-7-21-18(17)25-16-12-19(24-14-16)5-8-22(9-6-19)13-15-3-10-23-11-4-15;2*3-2(4,5)1(6)7/h1-2,7,15-16H,3-6,8-14H2;2*(H,6,7). The number of nitrogens with zero attached hydrogens (tertiary/aromatic N) is 2. The zero-order chi connectivity index (χ0) is 29.3. The van der Waals surface area contributed by atoms with Gasteiger partial charge in [-0.3, -0.25) is 0 Å². The molecule has 4 heterocycles. The Morgan fingerprint density at radius 1 is 1.05 bits per heavy atom. The van der Waals surface area contributed by atoms with Crippen molar-refractivity contribution in [1.82, 2.24) is 9.88 Å². The maximum atomic E-state index is 13.7. The number of carbonyl (C=O) groups is 2. The van der Waals surface area contributed by atoms with Gasteiger partial charge in [0.05, 0.1) is 12.2 Å². The minimum absolute atomic E-state index is 0.0881. The summed E-state index contributed by atoms with van der Waals surface area (Å²) >= 11 is 0. The van der Waals surface area contributed by atoms with E-state index >= 15 is 0 Å². The van der Waals surface area contributed by atoms with E-state index in [-0.39, 0.29) is 17.6 Å². The zero-order valence-electron chi connectivity index (χ0n) is 20.6. The topological polar surface area (TPSA) is 118 Å². The minimum Gasteiger partial charge on any atom is -0.475 e. The van der Waals surface area contributed by atoms with Gasteiger partial charge in [-0.05, 0) is 43.7 Å². The molecule has 0 amide bonds. The van der Waals surface area contributed by atoms with Crippen molar-refractivity contribution in [3.8, 4) is 5.88 Å². The number of hydrogen-bond donors (Lipinski definition) is 2. The fourth-order valence-corrected chi connectivity index (χ4v) is 4.28. The molecule has 1 spiro atoms. The summed E-state index contributed by atoms with van der Waals surface area (Å²) in [5.41, 5.74) is -0.0951. The third-order valence-electron chi connectivity index (χ3n) is 6.29. The Bertz CT molecular complexity index is 908. The van der Waals surface area contributed by atoms with Gasteiger partial charge in [0.1, 0.15) is 6.10 Å². The number of ether oxygens (including phenoxy) is 3. The lowest BCUT2D eigenvalue weighted by Crippen LogP contribution is -2.46. The third-order valence-corrected chi connectivity index (χ3v) is 6.29. The molecule has 1 atom stereocenters. The van der Waals surface area contributed by atoms with Gasteiger partial charge in [-0.2, -0.15) is 26.3 Å². The van der Waals surface area contributed by atoms with E-state index in [2.05, 4.69) is 9.88 Å². The van der Waals surface area contributed by atoms with Crippen LogP contribution in [-0.4, -0.2) is 95.5 Å². The number of carboxylic acid groups (broad SMARTS) is 2. The van der Waals surface area contributed by atoms with Crippen LogP contribution in [0.3, 0.4) is 0 Å². The summed E-state index contributed by atoms with van der Waals surface area (Å²) in [6.45, 7) is 5.67. The monoisotopic (exact) mass is 578 g/mol. The maximum Gasteiger partial charge on any atom is 0.490 e. The number of carboxylic acids is 2. The van der Waals surface area contributed by atoms with Gasteiger partial charge in [-0.15, -0.1) is 0 Å². The van der Waals surface area contributed by atoms with Gasteiger partial charge in [0, 0.05) is 45.5 Å². The largest absolute Gasteiger partial charge is 0.490 e. The highest BCUT2D eigenvalue weighted by atomic mass is 19.4. The van der Waals surface area contributed by atoms with Gasteiger partial charge in [-0.1, -0.05) is 0 Å². The highest BCUT2D eigenvalue weighted by Gasteiger charge is 2.44. The van der Waals surface area contributed by atoms with Crippen LogP contribution in [-0.2, 0) is 19.1 Å². The first-order valence-electron chi connectivity index (χ1n) is 11.9. The molecule has 3 aliphatic rings. The molecule has 222 valence electrons. The molecule has 0 radical (unpaired) electrons. The lowest BCUT2D eigenvalue weighted by Gasteiger charge is -2.40. The molecule has 1 unspecified atom stereocenters. The van der Waals surface area contributed by atoms with Crippen molar-refractivity contribution >= 4 is 11.9 Å². The molecule has 3 fully saturated rings. The molecular weight excluding hydrogens is 549 g/mol. The van der Waals surface area contributed by atoms with Crippen LogP contribution in [0.25, 0.3) is 0 Å². The van der Waals surface area contributed by atoms with Crippen LogP contribution < -0.4 is 4.74 Å². The molecule has 39 heavy (non-hydrogen) atoms. The van der Waals surface area contributed by atoms with Gasteiger partial charge in [-0.25, -0.2) is 19.0 Å². The molecule has 0 aliphatic carbocycles.